The number of allylic oxidation sites excluding steroid dienone is 4. The van der Waals surface area contributed by atoms with Crippen molar-refractivity contribution in [1.82, 2.24) is 0 Å². The van der Waals surface area contributed by atoms with E-state index in [9.17, 15) is 0 Å². The molecule has 144 valence electrons. The molecule has 0 atom stereocenters. The third-order valence-corrected chi connectivity index (χ3v) is 6.10. The quantitative estimate of drug-likeness (QED) is 0.239. The summed E-state index contributed by atoms with van der Waals surface area (Å²) >= 11 is 3.37. The molecule has 3 rings (SSSR count). The van der Waals surface area contributed by atoms with Crippen molar-refractivity contribution in [3.05, 3.63) is 101 Å². The van der Waals surface area contributed by atoms with Crippen LogP contribution in [0.4, 0.5) is 11.4 Å². The standard InChI is InChI=1S/C26H23NS2/c1-4-6-10-22(5-2)28-25-17-18-26(20(3)19-25)27-21-13-15-24(16-14-21)29-23-11-8-7-9-12-23/h2,4,6-19,27H,1,3H3/b6-4-,22-10+. The molecule has 0 radical (unpaired) electrons. The highest BCUT2D eigenvalue weighted by Crippen LogP contribution is 2.32. The molecule has 29 heavy (non-hydrogen) atoms. The van der Waals surface area contributed by atoms with Gasteiger partial charge >= 0.3 is 0 Å². The number of hydrogen-bond donors (Lipinski definition) is 1. The van der Waals surface area contributed by atoms with Crippen LogP contribution in [0, 0.1) is 19.3 Å². The maximum atomic E-state index is 5.61. The third-order valence-electron chi connectivity index (χ3n) is 4.12. The number of nitrogens with one attached hydrogen (secondary N) is 1. The molecule has 0 bridgehead atoms. The van der Waals surface area contributed by atoms with Crippen molar-refractivity contribution in [2.75, 3.05) is 5.32 Å². The Hall–Kier alpha value is -2.80. The lowest BCUT2D eigenvalue weighted by atomic mass is 10.2. The minimum Gasteiger partial charge on any atom is -0.355 e. The zero-order valence-corrected chi connectivity index (χ0v) is 18.2. The van der Waals surface area contributed by atoms with Crippen molar-refractivity contribution in [2.45, 2.75) is 28.5 Å². The molecule has 0 aliphatic carbocycles. The monoisotopic (exact) mass is 413 g/mol. The first kappa shape index (κ1) is 20.9. The second-order valence-corrected chi connectivity index (χ2v) is 8.61. The van der Waals surface area contributed by atoms with Crippen molar-refractivity contribution >= 4 is 34.9 Å². The van der Waals surface area contributed by atoms with Gasteiger partial charge in [0.25, 0.3) is 0 Å². The lowest BCUT2D eigenvalue weighted by Gasteiger charge is -2.12. The predicted octanol–water partition coefficient (Wildman–Crippen LogP) is 8.08. The fraction of sp³-hybridized carbons (Fsp3) is 0.0769. The van der Waals surface area contributed by atoms with E-state index in [2.05, 4.69) is 84.9 Å². The van der Waals surface area contributed by atoms with Crippen molar-refractivity contribution < 1.29 is 0 Å². The maximum Gasteiger partial charge on any atom is 0.0618 e. The van der Waals surface area contributed by atoms with E-state index < -0.39 is 0 Å². The van der Waals surface area contributed by atoms with Gasteiger partial charge in [-0.1, -0.05) is 59.8 Å². The SMILES string of the molecule is C#C/C(=C\C=C/C)Sc1ccc(Nc2ccc(Sc3ccccc3)cc2)c(C)c1. The molecule has 0 amide bonds. The number of hydrogen-bond acceptors (Lipinski definition) is 3. The van der Waals surface area contributed by atoms with Crippen LogP contribution in [0.5, 0.6) is 0 Å². The van der Waals surface area contributed by atoms with E-state index >= 15 is 0 Å². The number of thioether (sulfide) groups is 1. The lowest BCUT2D eigenvalue weighted by molar-refractivity contribution is 1.34. The summed E-state index contributed by atoms with van der Waals surface area (Å²) < 4.78 is 0. The molecule has 0 aliphatic rings. The number of anilines is 2. The summed E-state index contributed by atoms with van der Waals surface area (Å²) in [4.78, 5) is 4.50. The molecule has 1 N–H and O–H groups in total. The molecule has 0 saturated carbocycles. The Balaban J connectivity index is 1.66. The first-order chi connectivity index (χ1) is 14.2. The summed E-state index contributed by atoms with van der Waals surface area (Å²) in [5, 5.41) is 3.51. The molecular formula is C26H23NS2. The minimum atomic E-state index is 0.898. The fourth-order valence-electron chi connectivity index (χ4n) is 2.65. The van der Waals surface area contributed by atoms with Gasteiger partial charge in [-0.15, -0.1) is 6.42 Å². The van der Waals surface area contributed by atoms with E-state index in [4.69, 9.17) is 6.42 Å². The molecule has 0 spiro atoms. The first-order valence-corrected chi connectivity index (χ1v) is 11.0. The summed E-state index contributed by atoms with van der Waals surface area (Å²) in [7, 11) is 0. The molecule has 0 aromatic heterocycles. The summed E-state index contributed by atoms with van der Waals surface area (Å²) in [6.45, 7) is 4.09. The van der Waals surface area contributed by atoms with Gasteiger partial charge in [-0.2, -0.15) is 0 Å². The van der Waals surface area contributed by atoms with E-state index in [1.165, 1.54) is 15.4 Å². The van der Waals surface area contributed by atoms with E-state index in [0.29, 0.717) is 0 Å². The van der Waals surface area contributed by atoms with Crippen LogP contribution in [-0.4, -0.2) is 0 Å². The Bertz CT molecular complexity index is 1040. The van der Waals surface area contributed by atoms with Gasteiger partial charge in [0.05, 0.1) is 4.91 Å². The molecular weight excluding hydrogens is 390 g/mol. The van der Waals surface area contributed by atoms with Gasteiger partial charge in [-0.05, 0) is 80.1 Å². The second-order valence-electron chi connectivity index (χ2n) is 6.34. The summed E-state index contributed by atoms with van der Waals surface area (Å²) in [5.41, 5.74) is 3.35. The number of aryl methyl sites for hydroxylation is 1. The van der Waals surface area contributed by atoms with E-state index in [1.807, 2.05) is 31.2 Å². The number of rotatable bonds is 7. The summed E-state index contributed by atoms with van der Waals surface area (Å²) in [6.07, 6.45) is 11.5. The van der Waals surface area contributed by atoms with Gasteiger partial charge in [0.15, 0.2) is 0 Å². The van der Waals surface area contributed by atoms with Gasteiger partial charge in [0.1, 0.15) is 0 Å². The Labute approximate surface area is 182 Å². The summed E-state index contributed by atoms with van der Waals surface area (Å²) in [6, 6.07) is 25.3. The zero-order valence-electron chi connectivity index (χ0n) is 16.6. The van der Waals surface area contributed by atoms with Crippen LogP contribution in [-0.2, 0) is 0 Å². The minimum absolute atomic E-state index is 0.898. The maximum absolute atomic E-state index is 5.61. The van der Waals surface area contributed by atoms with Crippen molar-refractivity contribution in [3.8, 4) is 12.3 Å². The Morgan fingerprint density at radius 2 is 1.62 bits per heavy atom. The average Bonchev–Trinajstić information content (AvgIpc) is 2.75. The van der Waals surface area contributed by atoms with Gasteiger partial charge < -0.3 is 5.32 Å². The number of terminal acetylenes is 1. The van der Waals surface area contributed by atoms with Crippen LogP contribution >= 0.6 is 23.5 Å². The van der Waals surface area contributed by atoms with Crippen LogP contribution in [0.1, 0.15) is 12.5 Å². The van der Waals surface area contributed by atoms with Crippen molar-refractivity contribution in [1.29, 1.82) is 0 Å². The molecule has 0 heterocycles. The molecule has 3 aromatic carbocycles. The van der Waals surface area contributed by atoms with Gasteiger partial charge in [0, 0.05) is 26.1 Å². The molecule has 3 heteroatoms. The molecule has 0 saturated heterocycles. The van der Waals surface area contributed by atoms with Crippen LogP contribution < -0.4 is 5.32 Å². The zero-order chi connectivity index (χ0) is 20.5. The third kappa shape index (κ3) is 6.35. The Morgan fingerprint density at radius 3 is 2.28 bits per heavy atom. The topological polar surface area (TPSA) is 12.0 Å². The average molecular weight is 414 g/mol. The van der Waals surface area contributed by atoms with Crippen LogP contribution in [0.15, 0.2) is 111 Å². The lowest BCUT2D eigenvalue weighted by Crippen LogP contribution is -1.93. The second kappa shape index (κ2) is 10.7. The van der Waals surface area contributed by atoms with Crippen LogP contribution in [0.3, 0.4) is 0 Å². The normalized spacial score (nSPS) is 11.4. The highest BCUT2D eigenvalue weighted by molar-refractivity contribution is 8.03. The molecule has 0 aliphatic heterocycles. The molecule has 3 aromatic rings. The van der Waals surface area contributed by atoms with Crippen LogP contribution in [0.2, 0.25) is 0 Å². The molecule has 0 unspecified atom stereocenters. The highest BCUT2D eigenvalue weighted by atomic mass is 32.2. The smallest absolute Gasteiger partial charge is 0.0618 e. The van der Waals surface area contributed by atoms with Gasteiger partial charge in [-0.3, -0.25) is 0 Å². The Morgan fingerprint density at radius 1 is 0.931 bits per heavy atom. The molecule has 0 fully saturated rings. The van der Waals surface area contributed by atoms with E-state index in [0.717, 1.165) is 21.2 Å². The molecule has 1 nitrogen and oxygen atoms in total. The van der Waals surface area contributed by atoms with E-state index in [-0.39, 0.29) is 0 Å². The Kier molecular flexibility index (Phi) is 7.69. The van der Waals surface area contributed by atoms with Crippen molar-refractivity contribution in [2.24, 2.45) is 0 Å². The van der Waals surface area contributed by atoms with Crippen molar-refractivity contribution in [3.63, 3.8) is 0 Å². The highest BCUT2D eigenvalue weighted by Gasteiger charge is 2.04. The van der Waals surface area contributed by atoms with E-state index in [1.54, 1.807) is 23.5 Å². The van der Waals surface area contributed by atoms with Gasteiger partial charge in [-0.25, -0.2) is 0 Å². The predicted molar refractivity (Wildman–Crippen MR) is 129 cm³/mol. The first-order valence-electron chi connectivity index (χ1n) is 9.36. The van der Waals surface area contributed by atoms with Gasteiger partial charge in [0.2, 0.25) is 0 Å². The summed E-state index contributed by atoms with van der Waals surface area (Å²) in [5.74, 6) is 2.74. The van der Waals surface area contributed by atoms with Crippen LogP contribution in [0.25, 0.3) is 0 Å². The fourth-order valence-corrected chi connectivity index (χ4v) is 4.32. The largest absolute Gasteiger partial charge is 0.355 e. The number of benzene rings is 3.